The lowest BCUT2D eigenvalue weighted by Crippen LogP contribution is -2.27. The Bertz CT molecular complexity index is 903. The van der Waals surface area contributed by atoms with Crippen molar-refractivity contribution < 1.29 is 14.5 Å². The van der Waals surface area contributed by atoms with Gasteiger partial charge in [-0.2, -0.15) is 0 Å². The molecule has 0 amide bonds. The number of nitrogens with zero attached hydrogens (tertiary/aromatic N) is 2. The van der Waals surface area contributed by atoms with Gasteiger partial charge < -0.3 is 9.64 Å². The van der Waals surface area contributed by atoms with Crippen molar-refractivity contribution in [1.82, 2.24) is 0 Å². The van der Waals surface area contributed by atoms with Gasteiger partial charge in [-0.3, -0.25) is 10.1 Å². The van der Waals surface area contributed by atoms with Crippen LogP contribution in [0.3, 0.4) is 0 Å². The van der Waals surface area contributed by atoms with Crippen molar-refractivity contribution in [1.29, 1.82) is 0 Å². The van der Waals surface area contributed by atoms with Crippen LogP contribution in [-0.2, 0) is 9.53 Å². The highest BCUT2D eigenvalue weighted by Gasteiger charge is 2.40. The predicted octanol–water partition coefficient (Wildman–Crippen LogP) is 2.99. The minimum absolute atomic E-state index is 0.0115. The SMILES string of the molecule is CN1C2=C(C(=O)OC2)C(c2cccc([N+](=O)[O-])c2)c2ccccc21. The van der Waals surface area contributed by atoms with Crippen LogP contribution in [0.1, 0.15) is 17.0 Å². The molecule has 1 unspecified atom stereocenters. The molecule has 120 valence electrons. The van der Waals surface area contributed by atoms with Crippen molar-refractivity contribution in [2.45, 2.75) is 5.92 Å². The monoisotopic (exact) mass is 322 g/mol. The fourth-order valence-electron chi connectivity index (χ4n) is 3.47. The Morgan fingerprint density at radius 2 is 2.00 bits per heavy atom. The minimum atomic E-state index is -0.424. The first kappa shape index (κ1) is 14.4. The van der Waals surface area contributed by atoms with E-state index < -0.39 is 4.92 Å². The second kappa shape index (κ2) is 5.19. The quantitative estimate of drug-likeness (QED) is 0.483. The Kier molecular flexibility index (Phi) is 3.13. The normalized spacial score (nSPS) is 19.0. The number of fused-ring (bicyclic) bond motifs is 1. The lowest BCUT2D eigenvalue weighted by Gasteiger charge is -2.33. The van der Waals surface area contributed by atoms with Crippen LogP contribution in [0.4, 0.5) is 11.4 Å². The summed E-state index contributed by atoms with van der Waals surface area (Å²) in [5.41, 5.74) is 4.03. The number of para-hydroxylation sites is 1. The number of nitro groups is 1. The summed E-state index contributed by atoms with van der Waals surface area (Å²) in [7, 11) is 1.90. The molecule has 6 nitrogen and oxygen atoms in total. The molecule has 2 aromatic rings. The Labute approximate surface area is 138 Å². The van der Waals surface area contributed by atoms with E-state index in [0.29, 0.717) is 5.57 Å². The number of rotatable bonds is 2. The highest BCUT2D eigenvalue weighted by atomic mass is 16.6. The molecule has 0 aromatic heterocycles. The van der Waals surface area contributed by atoms with E-state index in [-0.39, 0.29) is 24.2 Å². The highest BCUT2D eigenvalue weighted by Crippen LogP contribution is 2.46. The molecule has 4 rings (SSSR count). The molecule has 2 aliphatic rings. The maximum absolute atomic E-state index is 12.3. The molecular weight excluding hydrogens is 308 g/mol. The number of nitro benzene ring substituents is 1. The van der Waals surface area contributed by atoms with Crippen LogP contribution in [0.25, 0.3) is 0 Å². The average molecular weight is 322 g/mol. The van der Waals surface area contributed by atoms with Crippen molar-refractivity contribution >= 4 is 17.3 Å². The van der Waals surface area contributed by atoms with Gasteiger partial charge in [-0.05, 0) is 17.2 Å². The highest BCUT2D eigenvalue weighted by molar-refractivity contribution is 5.97. The largest absolute Gasteiger partial charge is 0.456 e. The predicted molar refractivity (Wildman–Crippen MR) is 87.8 cm³/mol. The zero-order valence-corrected chi connectivity index (χ0v) is 12.9. The number of benzene rings is 2. The first-order chi connectivity index (χ1) is 11.6. The van der Waals surface area contributed by atoms with Crippen LogP contribution in [0.5, 0.6) is 0 Å². The molecule has 0 saturated carbocycles. The summed E-state index contributed by atoms with van der Waals surface area (Å²) in [5, 5.41) is 11.1. The fraction of sp³-hybridized carbons (Fsp3) is 0.167. The summed E-state index contributed by atoms with van der Waals surface area (Å²) < 4.78 is 5.24. The van der Waals surface area contributed by atoms with Crippen molar-refractivity contribution in [2.75, 3.05) is 18.6 Å². The van der Waals surface area contributed by atoms with Crippen LogP contribution >= 0.6 is 0 Å². The van der Waals surface area contributed by atoms with Crippen LogP contribution < -0.4 is 4.90 Å². The maximum atomic E-state index is 12.3. The Morgan fingerprint density at radius 1 is 1.21 bits per heavy atom. The molecule has 2 aromatic carbocycles. The molecule has 2 heterocycles. The summed E-state index contributed by atoms with van der Waals surface area (Å²) in [5.74, 6) is -0.717. The zero-order chi connectivity index (χ0) is 16.8. The first-order valence-electron chi connectivity index (χ1n) is 7.55. The molecule has 0 radical (unpaired) electrons. The number of anilines is 1. The van der Waals surface area contributed by atoms with Crippen LogP contribution in [0, 0.1) is 10.1 Å². The standard InChI is InChI=1S/C18H14N2O4/c1-19-14-8-3-2-7-13(14)16(17-15(19)10-24-18(17)21)11-5-4-6-12(9-11)20(22)23/h2-9,16H,10H2,1H3. The molecule has 0 N–H and O–H groups in total. The lowest BCUT2D eigenvalue weighted by atomic mass is 9.80. The molecule has 6 heteroatoms. The second-order valence-corrected chi connectivity index (χ2v) is 5.84. The van der Waals surface area contributed by atoms with E-state index in [2.05, 4.69) is 0 Å². The molecule has 1 atom stereocenters. The minimum Gasteiger partial charge on any atom is -0.456 e. The molecule has 24 heavy (non-hydrogen) atoms. The average Bonchev–Trinajstić information content (AvgIpc) is 2.98. The van der Waals surface area contributed by atoms with Gasteiger partial charge in [0.1, 0.15) is 6.61 Å². The third-order valence-electron chi connectivity index (χ3n) is 4.59. The van der Waals surface area contributed by atoms with Crippen LogP contribution in [0.2, 0.25) is 0 Å². The van der Waals surface area contributed by atoms with Gasteiger partial charge in [0.15, 0.2) is 0 Å². The number of hydrogen-bond donors (Lipinski definition) is 0. The lowest BCUT2D eigenvalue weighted by molar-refractivity contribution is -0.384. The Hall–Kier alpha value is -3.15. The maximum Gasteiger partial charge on any atom is 0.337 e. The first-order valence-corrected chi connectivity index (χ1v) is 7.55. The van der Waals surface area contributed by atoms with E-state index in [1.807, 2.05) is 42.3 Å². The van der Waals surface area contributed by atoms with Gasteiger partial charge in [0.25, 0.3) is 5.69 Å². The van der Waals surface area contributed by atoms with Crippen LogP contribution in [0.15, 0.2) is 59.8 Å². The van der Waals surface area contributed by atoms with E-state index in [4.69, 9.17) is 4.74 Å². The number of esters is 1. The van der Waals surface area contributed by atoms with E-state index in [9.17, 15) is 14.9 Å². The summed E-state index contributed by atoms with van der Waals surface area (Å²) in [6, 6.07) is 14.2. The van der Waals surface area contributed by atoms with Gasteiger partial charge in [0.05, 0.1) is 16.2 Å². The van der Waals surface area contributed by atoms with Gasteiger partial charge in [-0.15, -0.1) is 0 Å². The van der Waals surface area contributed by atoms with Crippen molar-refractivity contribution in [3.8, 4) is 0 Å². The van der Waals surface area contributed by atoms with Gasteiger partial charge >= 0.3 is 5.97 Å². The molecule has 0 fully saturated rings. The molecule has 0 bridgehead atoms. The fourth-order valence-corrected chi connectivity index (χ4v) is 3.47. The smallest absolute Gasteiger partial charge is 0.337 e. The molecule has 0 aliphatic carbocycles. The molecule has 0 spiro atoms. The number of likely N-dealkylation sites (N-methyl/N-ethyl adjacent to an activating group) is 1. The van der Waals surface area contributed by atoms with Crippen molar-refractivity contribution in [3.05, 3.63) is 81.0 Å². The van der Waals surface area contributed by atoms with Gasteiger partial charge in [0, 0.05) is 30.8 Å². The summed E-state index contributed by atoms with van der Waals surface area (Å²) >= 11 is 0. The van der Waals surface area contributed by atoms with Gasteiger partial charge in [0.2, 0.25) is 0 Å². The number of ether oxygens (including phenoxy) is 1. The summed E-state index contributed by atoms with van der Waals surface area (Å²) in [6.07, 6.45) is 0. The topological polar surface area (TPSA) is 72.7 Å². The second-order valence-electron chi connectivity index (χ2n) is 5.84. The third kappa shape index (κ3) is 2.00. The van der Waals surface area contributed by atoms with E-state index >= 15 is 0 Å². The third-order valence-corrected chi connectivity index (χ3v) is 4.59. The van der Waals surface area contributed by atoms with Crippen molar-refractivity contribution in [3.63, 3.8) is 0 Å². The van der Waals surface area contributed by atoms with Gasteiger partial charge in [-0.1, -0.05) is 30.3 Å². The number of carbonyl (C=O) groups is 1. The Balaban J connectivity index is 1.96. The van der Waals surface area contributed by atoms with Gasteiger partial charge in [-0.25, -0.2) is 4.79 Å². The molecule has 0 saturated heterocycles. The molecule has 2 aliphatic heterocycles. The number of non-ortho nitro benzene ring substituents is 1. The van der Waals surface area contributed by atoms with Crippen molar-refractivity contribution in [2.24, 2.45) is 0 Å². The summed E-state index contributed by atoms with van der Waals surface area (Å²) in [6.45, 7) is 0.227. The van der Waals surface area contributed by atoms with Crippen LogP contribution in [-0.4, -0.2) is 24.5 Å². The Morgan fingerprint density at radius 3 is 2.79 bits per heavy atom. The number of cyclic esters (lactones) is 1. The number of carbonyl (C=O) groups excluding carboxylic acids is 1. The zero-order valence-electron chi connectivity index (χ0n) is 12.9. The van der Waals surface area contributed by atoms with E-state index in [1.54, 1.807) is 6.07 Å². The summed E-state index contributed by atoms with van der Waals surface area (Å²) in [4.78, 5) is 25.0. The number of hydrogen-bond acceptors (Lipinski definition) is 5. The molecular formula is C18H14N2O4. The van der Waals surface area contributed by atoms with E-state index in [1.165, 1.54) is 12.1 Å². The van der Waals surface area contributed by atoms with E-state index in [0.717, 1.165) is 22.5 Å².